The zero-order valence-electron chi connectivity index (χ0n) is 14.6. The maximum Gasteiger partial charge on any atom is 0.337 e. The second kappa shape index (κ2) is 6.85. The molecule has 2 aliphatic rings. The summed E-state index contributed by atoms with van der Waals surface area (Å²) in [6.07, 6.45) is 5.23. The van der Waals surface area contributed by atoms with E-state index >= 15 is 0 Å². The fraction of sp³-hybridized carbons (Fsp3) is 0.238. The average Bonchev–Trinajstić information content (AvgIpc) is 3.16. The minimum Gasteiger partial charge on any atom is -0.478 e. The smallest absolute Gasteiger partial charge is 0.337 e. The molecule has 3 atom stereocenters. The van der Waals surface area contributed by atoms with Crippen LogP contribution in [0.1, 0.15) is 50.2 Å². The van der Waals surface area contributed by atoms with Gasteiger partial charge in [0.2, 0.25) is 0 Å². The fourth-order valence-electron chi connectivity index (χ4n) is 4.11. The van der Waals surface area contributed by atoms with Crippen LogP contribution in [0.25, 0.3) is 0 Å². The molecule has 0 radical (unpaired) electrons. The molecule has 0 unspecified atom stereocenters. The Bertz CT molecular complexity index is 951. The number of carbonyl (C=O) groups is 2. The summed E-state index contributed by atoms with van der Waals surface area (Å²) in [4.78, 5) is 23.5. The van der Waals surface area contributed by atoms with Gasteiger partial charge in [0.05, 0.1) is 30.0 Å². The number of ether oxygens (including phenoxy) is 1. The van der Waals surface area contributed by atoms with Crippen LogP contribution < -0.4 is 5.32 Å². The molecule has 5 nitrogen and oxygen atoms in total. The van der Waals surface area contributed by atoms with Crippen molar-refractivity contribution >= 4 is 33.6 Å². The van der Waals surface area contributed by atoms with Crippen molar-refractivity contribution in [2.45, 2.75) is 18.4 Å². The van der Waals surface area contributed by atoms with Gasteiger partial charge >= 0.3 is 11.9 Å². The van der Waals surface area contributed by atoms with Gasteiger partial charge in [-0.1, -0.05) is 40.2 Å². The second-order valence-electron chi connectivity index (χ2n) is 6.81. The van der Waals surface area contributed by atoms with Gasteiger partial charge in [0.25, 0.3) is 0 Å². The summed E-state index contributed by atoms with van der Waals surface area (Å²) in [5, 5.41) is 13.1. The van der Waals surface area contributed by atoms with Crippen LogP contribution in [0.2, 0.25) is 0 Å². The van der Waals surface area contributed by atoms with Crippen LogP contribution >= 0.6 is 15.9 Å². The van der Waals surface area contributed by atoms with Crippen LogP contribution in [0.15, 0.2) is 53.0 Å². The summed E-state index contributed by atoms with van der Waals surface area (Å²) in [7, 11) is 1.36. The monoisotopic (exact) mass is 427 g/mol. The van der Waals surface area contributed by atoms with Crippen molar-refractivity contribution in [3.63, 3.8) is 0 Å². The first-order valence-electron chi connectivity index (χ1n) is 8.68. The molecule has 0 aromatic heterocycles. The van der Waals surface area contributed by atoms with Gasteiger partial charge in [0.15, 0.2) is 0 Å². The number of allylic oxidation sites excluding steroid dienone is 2. The molecule has 138 valence electrons. The van der Waals surface area contributed by atoms with Crippen LogP contribution in [0, 0.1) is 5.92 Å². The van der Waals surface area contributed by atoms with Crippen LogP contribution in [0.3, 0.4) is 0 Å². The predicted molar refractivity (Wildman–Crippen MR) is 105 cm³/mol. The molecule has 4 rings (SSSR count). The molecule has 6 heteroatoms. The van der Waals surface area contributed by atoms with E-state index in [0.717, 1.165) is 22.0 Å². The van der Waals surface area contributed by atoms with Crippen molar-refractivity contribution in [1.29, 1.82) is 0 Å². The maximum absolute atomic E-state index is 11.8. The number of fused-ring (bicyclic) bond motifs is 3. The van der Waals surface area contributed by atoms with Gasteiger partial charge in [-0.05, 0) is 47.7 Å². The first-order chi connectivity index (χ1) is 13.0. The number of hydrogen-bond donors (Lipinski definition) is 2. The van der Waals surface area contributed by atoms with Gasteiger partial charge in [-0.25, -0.2) is 9.59 Å². The summed E-state index contributed by atoms with van der Waals surface area (Å²) in [5.41, 5.74) is 3.44. The summed E-state index contributed by atoms with van der Waals surface area (Å²) in [6, 6.07) is 10.9. The van der Waals surface area contributed by atoms with Crippen molar-refractivity contribution in [2.75, 3.05) is 12.4 Å². The van der Waals surface area contributed by atoms with Gasteiger partial charge in [0.1, 0.15) is 0 Å². The summed E-state index contributed by atoms with van der Waals surface area (Å²) in [6.45, 7) is 0. The molecule has 1 heterocycles. The van der Waals surface area contributed by atoms with Crippen molar-refractivity contribution in [3.05, 3.63) is 75.3 Å². The van der Waals surface area contributed by atoms with E-state index in [1.54, 1.807) is 18.2 Å². The van der Waals surface area contributed by atoms with Gasteiger partial charge in [-0.15, -0.1) is 0 Å². The molecular weight excluding hydrogens is 410 g/mol. The van der Waals surface area contributed by atoms with Crippen molar-refractivity contribution in [2.24, 2.45) is 5.92 Å². The van der Waals surface area contributed by atoms with E-state index in [4.69, 9.17) is 4.74 Å². The normalized spacial score (nSPS) is 22.5. The maximum atomic E-state index is 11.8. The molecule has 1 aliphatic carbocycles. The highest BCUT2D eigenvalue weighted by Gasteiger charge is 2.39. The number of hydrogen-bond acceptors (Lipinski definition) is 4. The molecule has 0 spiro atoms. The topological polar surface area (TPSA) is 75.6 Å². The molecule has 0 saturated heterocycles. The number of anilines is 1. The van der Waals surface area contributed by atoms with E-state index < -0.39 is 5.97 Å². The van der Waals surface area contributed by atoms with E-state index in [2.05, 4.69) is 33.4 Å². The van der Waals surface area contributed by atoms with E-state index in [-0.39, 0.29) is 29.4 Å². The average molecular weight is 428 g/mol. The number of carboxylic acid groups (broad SMARTS) is 1. The van der Waals surface area contributed by atoms with Crippen molar-refractivity contribution < 1.29 is 19.4 Å². The van der Waals surface area contributed by atoms with Gasteiger partial charge in [0, 0.05) is 10.4 Å². The van der Waals surface area contributed by atoms with Crippen molar-refractivity contribution in [3.8, 4) is 0 Å². The van der Waals surface area contributed by atoms with Crippen LogP contribution in [-0.4, -0.2) is 24.2 Å². The SMILES string of the molecule is COC(=O)c1ccc([C@H]2Nc3c(C(=O)O)cc(Br)cc3[C@H]3C=CC[C@H]32)cc1. The first-order valence-corrected chi connectivity index (χ1v) is 9.47. The number of aromatic carboxylic acids is 1. The quantitative estimate of drug-likeness (QED) is 0.545. The number of nitrogens with one attached hydrogen (secondary N) is 1. The molecule has 0 fully saturated rings. The zero-order valence-corrected chi connectivity index (χ0v) is 16.2. The number of benzene rings is 2. The number of rotatable bonds is 3. The third kappa shape index (κ3) is 3.04. The molecule has 0 saturated carbocycles. The zero-order chi connectivity index (χ0) is 19.1. The Labute approximate surface area is 165 Å². The van der Waals surface area contributed by atoms with Gasteiger partial charge in [-0.2, -0.15) is 0 Å². The Balaban J connectivity index is 1.77. The molecule has 2 aromatic rings. The largest absolute Gasteiger partial charge is 0.478 e. The molecule has 0 bridgehead atoms. The standard InChI is InChI=1S/C21H18BrNO4/c1-27-21(26)12-7-5-11(6-8-12)18-15-4-2-3-14(15)16-9-13(22)10-17(20(24)25)19(16)23-18/h2-3,5-10,14-15,18,23H,4H2,1H3,(H,24,25)/t14-,15+,18+/m0/s1. The van der Waals surface area contributed by atoms with Gasteiger partial charge < -0.3 is 15.2 Å². The third-order valence-electron chi connectivity index (χ3n) is 5.35. The molecule has 2 aromatic carbocycles. The predicted octanol–water partition coefficient (Wildman–Crippen LogP) is 4.76. The lowest BCUT2D eigenvalue weighted by atomic mass is 9.76. The minimum absolute atomic E-state index is 0.0385. The number of esters is 1. The highest BCUT2D eigenvalue weighted by Crippen LogP contribution is 2.51. The fourth-order valence-corrected chi connectivity index (χ4v) is 4.58. The Hall–Kier alpha value is -2.60. The summed E-state index contributed by atoms with van der Waals surface area (Å²) < 4.78 is 5.52. The van der Waals surface area contributed by atoms with Gasteiger partial charge in [-0.3, -0.25) is 0 Å². The van der Waals surface area contributed by atoms with E-state index in [0.29, 0.717) is 11.3 Å². The summed E-state index contributed by atoms with van der Waals surface area (Å²) in [5.74, 6) is -0.887. The molecule has 2 N–H and O–H groups in total. The summed E-state index contributed by atoms with van der Waals surface area (Å²) >= 11 is 3.44. The van der Waals surface area contributed by atoms with E-state index in [1.807, 2.05) is 18.2 Å². The number of halogens is 1. The Morgan fingerprint density at radius 1 is 1.22 bits per heavy atom. The minimum atomic E-state index is -0.958. The van der Waals surface area contributed by atoms with E-state index in [9.17, 15) is 14.7 Å². The molecule has 0 amide bonds. The lowest BCUT2D eigenvalue weighted by Gasteiger charge is -2.38. The number of methoxy groups -OCH3 is 1. The number of carboxylic acids is 1. The Morgan fingerprint density at radius 2 is 1.96 bits per heavy atom. The third-order valence-corrected chi connectivity index (χ3v) is 5.81. The highest BCUT2D eigenvalue weighted by atomic mass is 79.9. The van der Waals surface area contributed by atoms with Crippen molar-refractivity contribution in [1.82, 2.24) is 0 Å². The molecular formula is C21H18BrNO4. The lowest BCUT2D eigenvalue weighted by Crippen LogP contribution is -2.30. The molecule has 27 heavy (non-hydrogen) atoms. The Kier molecular flexibility index (Phi) is 4.52. The Morgan fingerprint density at radius 3 is 2.63 bits per heavy atom. The van der Waals surface area contributed by atoms with Crippen LogP contribution in [-0.2, 0) is 4.74 Å². The highest BCUT2D eigenvalue weighted by molar-refractivity contribution is 9.10. The first kappa shape index (κ1) is 17.8. The second-order valence-corrected chi connectivity index (χ2v) is 7.73. The van der Waals surface area contributed by atoms with Crippen LogP contribution in [0.5, 0.6) is 0 Å². The number of carbonyl (C=O) groups excluding carboxylic acids is 1. The lowest BCUT2D eigenvalue weighted by molar-refractivity contribution is 0.0599. The van der Waals surface area contributed by atoms with Crippen LogP contribution in [0.4, 0.5) is 5.69 Å². The van der Waals surface area contributed by atoms with E-state index in [1.165, 1.54) is 7.11 Å². The molecule has 1 aliphatic heterocycles.